The summed E-state index contributed by atoms with van der Waals surface area (Å²) in [4.78, 5) is 46.0. The van der Waals surface area contributed by atoms with E-state index in [2.05, 4.69) is 20.9 Å². The fourth-order valence-corrected chi connectivity index (χ4v) is 7.14. The lowest BCUT2D eigenvalue weighted by Crippen LogP contribution is -2.30. The molecule has 0 saturated heterocycles. The summed E-state index contributed by atoms with van der Waals surface area (Å²) in [6, 6.07) is 38.4. The zero-order chi connectivity index (χ0) is 36.3. The number of nitrogens with zero attached hydrogens (tertiary/aromatic N) is 1. The first kappa shape index (κ1) is 35.9. The van der Waals surface area contributed by atoms with E-state index in [0.717, 1.165) is 26.4 Å². The number of thiazole rings is 1. The number of anilines is 2. The molecule has 3 amide bonds. The van der Waals surface area contributed by atoms with Crippen LogP contribution >= 0.6 is 23.1 Å². The second-order valence-electron chi connectivity index (χ2n) is 11.3. The van der Waals surface area contributed by atoms with Gasteiger partial charge in [-0.25, -0.2) is 4.98 Å². The molecule has 11 heteroatoms. The Morgan fingerprint density at radius 2 is 1.48 bits per heavy atom. The van der Waals surface area contributed by atoms with E-state index in [1.54, 1.807) is 48.5 Å². The van der Waals surface area contributed by atoms with Crippen molar-refractivity contribution in [2.24, 2.45) is 0 Å². The zero-order valence-corrected chi connectivity index (χ0v) is 30.1. The van der Waals surface area contributed by atoms with Crippen molar-refractivity contribution in [3.8, 4) is 11.5 Å². The first-order valence-electron chi connectivity index (χ1n) is 16.7. The lowest BCUT2D eigenvalue weighted by molar-refractivity contribution is -0.116. The number of ether oxygens (including phenoxy) is 2. The fourth-order valence-electron chi connectivity index (χ4n) is 5.22. The zero-order valence-electron chi connectivity index (χ0n) is 28.5. The smallest absolute Gasteiger partial charge is 0.272 e. The van der Waals surface area contributed by atoms with Crippen molar-refractivity contribution < 1.29 is 23.9 Å². The Balaban J connectivity index is 1.19. The van der Waals surface area contributed by atoms with Crippen LogP contribution in [-0.4, -0.2) is 35.9 Å². The van der Waals surface area contributed by atoms with E-state index < -0.39 is 17.1 Å². The molecule has 52 heavy (non-hydrogen) atoms. The molecule has 0 radical (unpaired) electrons. The van der Waals surface area contributed by atoms with Crippen LogP contribution in [0.15, 0.2) is 138 Å². The molecule has 0 aliphatic rings. The summed E-state index contributed by atoms with van der Waals surface area (Å²) in [5, 5.41) is 8.60. The van der Waals surface area contributed by atoms with Gasteiger partial charge in [0.05, 0.1) is 23.4 Å². The van der Waals surface area contributed by atoms with Crippen molar-refractivity contribution in [2.75, 3.05) is 23.8 Å². The van der Waals surface area contributed by atoms with E-state index in [4.69, 9.17) is 9.47 Å². The minimum atomic E-state index is -0.583. The van der Waals surface area contributed by atoms with Gasteiger partial charge in [-0.05, 0) is 86.2 Å². The van der Waals surface area contributed by atoms with Crippen LogP contribution < -0.4 is 25.4 Å². The Morgan fingerprint density at radius 1 is 0.788 bits per heavy atom. The van der Waals surface area contributed by atoms with E-state index in [0.29, 0.717) is 40.9 Å². The molecule has 0 bridgehead atoms. The molecule has 262 valence electrons. The highest BCUT2D eigenvalue weighted by Gasteiger charge is 2.24. The van der Waals surface area contributed by atoms with Crippen LogP contribution in [0.1, 0.15) is 40.6 Å². The van der Waals surface area contributed by atoms with Gasteiger partial charge in [-0.15, -0.1) is 11.8 Å². The predicted octanol–water partition coefficient (Wildman–Crippen LogP) is 8.98. The maximum atomic E-state index is 13.8. The van der Waals surface area contributed by atoms with Crippen LogP contribution in [-0.2, 0) is 9.59 Å². The Hall–Kier alpha value is -5.91. The number of rotatable bonds is 14. The highest BCUT2D eigenvalue weighted by atomic mass is 32.2. The van der Waals surface area contributed by atoms with Crippen LogP contribution in [0.4, 0.5) is 10.8 Å². The summed E-state index contributed by atoms with van der Waals surface area (Å²) < 4.78 is 12.3. The van der Waals surface area contributed by atoms with E-state index in [-0.39, 0.29) is 11.6 Å². The second kappa shape index (κ2) is 17.3. The van der Waals surface area contributed by atoms with Gasteiger partial charge in [0.1, 0.15) is 22.4 Å². The van der Waals surface area contributed by atoms with Crippen molar-refractivity contribution in [2.45, 2.75) is 24.0 Å². The van der Waals surface area contributed by atoms with E-state index >= 15 is 0 Å². The summed E-state index contributed by atoms with van der Waals surface area (Å²) in [6.07, 6.45) is 1.60. The SMILES string of the molecule is CCOc1ccc2nc(NC(=O)C(Sc3ccc(NC(=O)/C(=C/c4ccccc4OCC)NC(=O)c4ccccc4)cc3)c3ccccc3)sc2c1. The van der Waals surface area contributed by atoms with Gasteiger partial charge >= 0.3 is 0 Å². The van der Waals surface area contributed by atoms with Crippen molar-refractivity contribution in [1.29, 1.82) is 0 Å². The van der Waals surface area contributed by atoms with Gasteiger partial charge in [-0.1, -0.05) is 78.1 Å². The van der Waals surface area contributed by atoms with Gasteiger partial charge in [0.25, 0.3) is 11.8 Å². The van der Waals surface area contributed by atoms with Crippen molar-refractivity contribution in [1.82, 2.24) is 10.3 Å². The number of hydrogen-bond acceptors (Lipinski definition) is 8. The summed E-state index contributed by atoms with van der Waals surface area (Å²) >= 11 is 2.77. The van der Waals surface area contributed by atoms with Gasteiger partial charge in [0.15, 0.2) is 5.13 Å². The second-order valence-corrected chi connectivity index (χ2v) is 13.5. The summed E-state index contributed by atoms with van der Waals surface area (Å²) in [6.45, 7) is 4.81. The van der Waals surface area contributed by atoms with Crippen molar-refractivity contribution in [3.05, 3.63) is 150 Å². The lowest BCUT2D eigenvalue weighted by atomic mass is 10.1. The number of amides is 3. The fraction of sp³-hybridized carbons (Fsp3) is 0.122. The average molecular weight is 729 g/mol. The van der Waals surface area contributed by atoms with Gasteiger partial charge in [-0.3, -0.25) is 14.4 Å². The van der Waals surface area contributed by atoms with Gasteiger partial charge in [-0.2, -0.15) is 0 Å². The molecule has 1 unspecified atom stereocenters. The Labute approximate surface area is 310 Å². The molecule has 5 aromatic carbocycles. The van der Waals surface area contributed by atoms with Gasteiger partial charge in [0.2, 0.25) is 5.91 Å². The normalized spacial score (nSPS) is 11.8. The minimum Gasteiger partial charge on any atom is -0.494 e. The lowest BCUT2D eigenvalue weighted by Gasteiger charge is -2.17. The number of aromatic nitrogens is 1. The molecular formula is C41H36N4O5S2. The monoisotopic (exact) mass is 728 g/mol. The standard InChI is InChI=1S/C41H36N4O5S2/c1-3-49-31-21-24-33-36(26-31)52-41(44-33)45-40(48)37(27-13-7-5-8-14-27)51-32-22-19-30(20-23-32)42-39(47)34(43-38(46)28-15-9-6-10-16-28)25-29-17-11-12-18-35(29)50-4-2/h5-26,37H,3-4H2,1-2H3,(H,42,47)(H,43,46)(H,44,45,48)/b34-25-. The third-order valence-electron chi connectivity index (χ3n) is 7.66. The Morgan fingerprint density at radius 3 is 2.21 bits per heavy atom. The number of para-hydroxylation sites is 1. The van der Waals surface area contributed by atoms with Gasteiger partial charge < -0.3 is 25.4 Å². The summed E-state index contributed by atoms with van der Waals surface area (Å²) in [5.74, 6) is 0.191. The number of carbonyl (C=O) groups excluding carboxylic acids is 3. The number of nitrogens with one attached hydrogen (secondary N) is 3. The van der Waals surface area contributed by atoms with E-state index in [1.165, 1.54) is 23.1 Å². The van der Waals surface area contributed by atoms with Crippen LogP contribution in [0.25, 0.3) is 16.3 Å². The van der Waals surface area contributed by atoms with Crippen molar-refractivity contribution in [3.63, 3.8) is 0 Å². The first-order chi connectivity index (χ1) is 25.4. The molecule has 0 aliphatic heterocycles. The van der Waals surface area contributed by atoms with Crippen molar-refractivity contribution >= 4 is 67.9 Å². The molecule has 0 spiro atoms. The Kier molecular flexibility index (Phi) is 12.0. The predicted molar refractivity (Wildman–Crippen MR) is 209 cm³/mol. The molecule has 0 fully saturated rings. The molecule has 1 aromatic heterocycles. The van der Waals surface area contributed by atoms with E-state index in [1.807, 2.05) is 98.8 Å². The quantitative estimate of drug-likeness (QED) is 0.0757. The highest BCUT2D eigenvalue weighted by molar-refractivity contribution is 8.00. The largest absolute Gasteiger partial charge is 0.494 e. The first-order valence-corrected chi connectivity index (χ1v) is 18.4. The maximum Gasteiger partial charge on any atom is 0.272 e. The molecule has 1 atom stereocenters. The molecular weight excluding hydrogens is 693 g/mol. The number of benzene rings is 5. The molecule has 6 rings (SSSR count). The van der Waals surface area contributed by atoms with Crippen LogP contribution in [0, 0.1) is 0 Å². The molecule has 3 N–H and O–H groups in total. The van der Waals surface area contributed by atoms with Crippen LogP contribution in [0.3, 0.4) is 0 Å². The number of hydrogen-bond donors (Lipinski definition) is 3. The number of carbonyl (C=O) groups is 3. The third-order valence-corrected chi connectivity index (χ3v) is 9.85. The Bertz CT molecular complexity index is 2190. The average Bonchev–Trinajstić information content (AvgIpc) is 3.57. The molecule has 0 saturated carbocycles. The highest BCUT2D eigenvalue weighted by Crippen LogP contribution is 2.38. The number of thioether (sulfide) groups is 1. The van der Waals surface area contributed by atoms with E-state index in [9.17, 15) is 14.4 Å². The molecule has 6 aromatic rings. The minimum absolute atomic E-state index is 0.0456. The summed E-state index contributed by atoms with van der Waals surface area (Å²) in [5.41, 5.74) is 3.22. The molecule has 9 nitrogen and oxygen atoms in total. The van der Waals surface area contributed by atoms with Gasteiger partial charge in [0, 0.05) is 21.7 Å². The maximum absolute atomic E-state index is 13.8. The topological polar surface area (TPSA) is 119 Å². The third kappa shape index (κ3) is 9.25. The van der Waals surface area contributed by atoms with Crippen LogP contribution in [0.2, 0.25) is 0 Å². The van der Waals surface area contributed by atoms with Crippen LogP contribution in [0.5, 0.6) is 11.5 Å². The summed E-state index contributed by atoms with van der Waals surface area (Å²) in [7, 11) is 0. The molecule has 0 aliphatic carbocycles. The molecule has 1 heterocycles. The number of fused-ring (bicyclic) bond motifs is 1.